The van der Waals surface area contributed by atoms with Crippen LogP contribution in [0.2, 0.25) is 5.02 Å². The van der Waals surface area contributed by atoms with Crippen LogP contribution in [0.15, 0.2) is 42.5 Å². The van der Waals surface area contributed by atoms with E-state index in [1.807, 2.05) is 44.2 Å². The molecule has 1 aliphatic heterocycles. The Morgan fingerprint density at radius 3 is 2.50 bits per heavy atom. The van der Waals surface area contributed by atoms with Gasteiger partial charge in [-0.3, -0.25) is 4.79 Å². The Morgan fingerprint density at radius 2 is 1.82 bits per heavy atom. The number of anilines is 1. The van der Waals surface area contributed by atoms with Gasteiger partial charge in [-0.25, -0.2) is 12.7 Å². The van der Waals surface area contributed by atoms with Crippen molar-refractivity contribution in [2.75, 3.05) is 18.4 Å². The third kappa shape index (κ3) is 4.93. The van der Waals surface area contributed by atoms with E-state index in [9.17, 15) is 13.2 Å². The Bertz CT molecular complexity index is 967. The van der Waals surface area contributed by atoms with Crippen LogP contribution in [0.1, 0.15) is 29.5 Å². The zero-order valence-electron chi connectivity index (χ0n) is 16.1. The molecular formula is C21H25ClN2O3S. The number of nitrogens with zero attached hydrogens (tertiary/aromatic N) is 1. The minimum Gasteiger partial charge on any atom is -0.326 e. The second-order valence-corrected chi connectivity index (χ2v) is 9.70. The number of piperidine rings is 1. The summed E-state index contributed by atoms with van der Waals surface area (Å²) in [5, 5.41) is 3.54. The van der Waals surface area contributed by atoms with E-state index in [2.05, 4.69) is 5.32 Å². The topological polar surface area (TPSA) is 66.5 Å². The number of carbonyl (C=O) groups is 1. The summed E-state index contributed by atoms with van der Waals surface area (Å²) in [6.07, 6.45) is 1.02. The van der Waals surface area contributed by atoms with Crippen LogP contribution in [-0.4, -0.2) is 31.7 Å². The van der Waals surface area contributed by atoms with Crippen LogP contribution in [0, 0.1) is 19.8 Å². The molecule has 1 amide bonds. The Hall–Kier alpha value is -1.89. The molecule has 0 atom stereocenters. The van der Waals surface area contributed by atoms with Gasteiger partial charge in [-0.1, -0.05) is 47.5 Å². The van der Waals surface area contributed by atoms with E-state index in [1.54, 1.807) is 12.1 Å². The third-order valence-corrected chi connectivity index (χ3v) is 7.43. The molecule has 0 saturated carbocycles. The van der Waals surface area contributed by atoms with Crippen molar-refractivity contribution in [1.29, 1.82) is 0 Å². The Morgan fingerprint density at radius 1 is 1.14 bits per heavy atom. The Kier molecular flexibility index (Phi) is 6.43. The SMILES string of the molecule is Cc1cccc(CS(=O)(=O)N2CCC(C(=O)Nc3cccc(Cl)c3C)CC2)c1. The highest BCUT2D eigenvalue weighted by Gasteiger charge is 2.31. The van der Waals surface area contributed by atoms with Crippen molar-refractivity contribution in [3.8, 4) is 0 Å². The standard InChI is InChI=1S/C21H25ClN2O3S/c1-15-5-3-6-17(13-15)14-28(26,27)24-11-9-18(10-12-24)21(25)23-20-8-4-7-19(22)16(20)2/h3-8,13,18H,9-12,14H2,1-2H3,(H,23,25). The average molecular weight is 421 g/mol. The van der Waals surface area contributed by atoms with E-state index in [0.29, 0.717) is 36.6 Å². The number of aryl methyl sites for hydroxylation is 1. The number of rotatable bonds is 5. The average Bonchev–Trinajstić information content (AvgIpc) is 2.65. The molecule has 0 aromatic heterocycles. The van der Waals surface area contributed by atoms with Crippen LogP contribution in [0.25, 0.3) is 0 Å². The number of nitrogens with one attached hydrogen (secondary N) is 1. The predicted octanol–water partition coefficient (Wildman–Crippen LogP) is 4.14. The van der Waals surface area contributed by atoms with E-state index >= 15 is 0 Å². The molecule has 28 heavy (non-hydrogen) atoms. The maximum atomic E-state index is 12.7. The van der Waals surface area contributed by atoms with Crippen molar-refractivity contribution in [3.05, 3.63) is 64.2 Å². The fourth-order valence-corrected chi connectivity index (χ4v) is 5.20. The van der Waals surface area contributed by atoms with E-state index in [0.717, 1.165) is 16.7 Å². The highest BCUT2D eigenvalue weighted by Crippen LogP contribution is 2.26. The summed E-state index contributed by atoms with van der Waals surface area (Å²) in [4.78, 5) is 12.6. The minimum absolute atomic E-state index is 0.00669. The first-order valence-electron chi connectivity index (χ1n) is 9.35. The van der Waals surface area contributed by atoms with Gasteiger partial charge in [0.1, 0.15) is 0 Å². The van der Waals surface area contributed by atoms with E-state index in [1.165, 1.54) is 4.31 Å². The smallest absolute Gasteiger partial charge is 0.227 e. The lowest BCUT2D eigenvalue weighted by Crippen LogP contribution is -2.41. The lowest BCUT2D eigenvalue weighted by molar-refractivity contribution is -0.120. The molecule has 3 rings (SSSR count). The first-order valence-corrected chi connectivity index (χ1v) is 11.3. The fourth-order valence-electron chi connectivity index (χ4n) is 3.48. The molecule has 1 heterocycles. The molecule has 0 aliphatic carbocycles. The van der Waals surface area contributed by atoms with Gasteiger partial charge in [-0.15, -0.1) is 0 Å². The van der Waals surface area contributed by atoms with Gasteiger partial charge in [-0.05, 0) is 49.9 Å². The highest BCUT2D eigenvalue weighted by atomic mass is 35.5. The molecule has 2 aromatic carbocycles. The number of halogens is 1. The summed E-state index contributed by atoms with van der Waals surface area (Å²) in [6.45, 7) is 4.53. The monoisotopic (exact) mass is 420 g/mol. The number of hydrogen-bond donors (Lipinski definition) is 1. The van der Waals surface area contributed by atoms with Crippen LogP contribution in [-0.2, 0) is 20.6 Å². The molecule has 2 aromatic rings. The molecule has 5 nitrogen and oxygen atoms in total. The quantitative estimate of drug-likeness (QED) is 0.790. The largest absolute Gasteiger partial charge is 0.326 e. The van der Waals surface area contributed by atoms with Gasteiger partial charge in [-0.2, -0.15) is 0 Å². The summed E-state index contributed by atoms with van der Waals surface area (Å²) >= 11 is 6.10. The van der Waals surface area contributed by atoms with Crippen molar-refractivity contribution in [3.63, 3.8) is 0 Å². The number of benzene rings is 2. The van der Waals surface area contributed by atoms with E-state index in [-0.39, 0.29) is 17.6 Å². The molecule has 1 aliphatic rings. The van der Waals surface area contributed by atoms with Crippen molar-refractivity contribution in [1.82, 2.24) is 4.31 Å². The van der Waals surface area contributed by atoms with Gasteiger partial charge in [0.2, 0.25) is 15.9 Å². The zero-order valence-corrected chi connectivity index (χ0v) is 17.7. The lowest BCUT2D eigenvalue weighted by Gasteiger charge is -2.30. The first kappa shape index (κ1) is 20.8. The summed E-state index contributed by atoms with van der Waals surface area (Å²) in [5.41, 5.74) is 3.36. The number of carbonyl (C=O) groups excluding carboxylic acids is 1. The lowest BCUT2D eigenvalue weighted by atomic mass is 9.97. The van der Waals surface area contributed by atoms with Gasteiger partial charge in [0.05, 0.1) is 5.75 Å². The maximum absolute atomic E-state index is 12.7. The van der Waals surface area contributed by atoms with Crippen LogP contribution < -0.4 is 5.32 Å². The Balaban J connectivity index is 1.59. The first-order chi connectivity index (χ1) is 13.3. The van der Waals surface area contributed by atoms with E-state index < -0.39 is 10.0 Å². The molecule has 7 heteroatoms. The molecule has 1 saturated heterocycles. The van der Waals surface area contributed by atoms with E-state index in [4.69, 9.17) is 11.6 Å². The van der Waals surface area contributed by atoms with Gasteiger partial charge >= 0.3 is 0 Å². The predicted molar refractivity (Wildman–Crippen MR) is 113 cm³/mol. The van der Waals surface area contributed by atoms with Crippen molar-refractivity contribution >= 4 is 33.2 Å². The van der Waals surface area contributed by atoms with Gasteiger partial charge < -0.3 is 5.32 Å². The molecule has 150 valence electrons. The molecule has 0 radical (unpaired) electrons. The van der Waals surface area contributed by atoms with Crippen molar-refractivity contribution in [2.45, 2.75) is 32.4 Å². The highest BCUT2D eigenvalue weighted by molar-refractivity contribution is 7.88. The number of hydrogen-bond acceptors (Lipinski definition) is 3. The maximum Gasteiger partial charge on any atom is 0.227 e. The number of amides is 1. The molecule has 0 bridgehead atoms. The zero-order chi connectivity index (χ0) is 20.3. The number of sulfonamides is 1. The van der Waals surface area contributed by atoms with Crippen LogP contribution in [0.5, 0.6) is 0 Å². The minimum atomic E-state index is -3.39. The second kappa shape index (κ2) is 8.64. The van der Waals surface area contributed by atoms with Crippen LogP contribution in [0.4, 0.5) is 5.69 Å². The summed E-state index contributed by atoms with van der Waals surface area (Å²) in [6, 6.07) is 12.9. The van der Waals surface area contributed by atoms with Crippen LogP contribution >= 0.6 is 11.6 Å². The molecule has 1 N–H and O–H groups in total. The third-order valence-electron chi connectivity index (χ3n) is 5.18. The molecular weight excluding hydrogens is 396 g/mol. The normalized spacial score (nSPS) is 16.1. The molecule has 0 unspecified atom stereocenters. The van der Waals surface area contributed by atoms with Crippen molar-refractivity contribution in [2.24, 2.45) is 5.92 Å². The summed E-state index contributed by atoms with van der Waals surface area (Å²) < 4.78 is 27.0. The summed E-state index contributed by atoms with van der Waals surface area (Å²) in [7, 11) is -3.39. The fraction of sp³-hybridized carbons (Fsp3) is 0.381. The van der Waals surface area contributed by atoms with Crippen molar-refractivity contribution < 1.29 is 13.2 Å². The van der Waals surface area contributed by atoms with Gasteiger partial charge in [0.25, 0.3) is 0 Å². The molecule has 0 spiro atoms. The summed E-state index contributed by atoms with van der Waals surface area (Å²) in [5.74, 6) is -0.294. The van der Waals surface area contributed by atoms with Gasteiger partial charge in [0.15, 0.2) is 0 Å². The second-order valence-electron chi connectivity index (χ2n) is 7.32. The van der Waals surface area contributed by atoms with Gasteiger partial charge in [0, 0.05) is 29.7 Å². The molecule has 1 fully saturated rings. The van der Waals surface area contributed by atoms with Crippen LogP contribution in [0.3, 0.4) is 0 Å². The Labute approximate surface area is 171 Å².